The van der Waals surface area contributed by atoms with Gasteiger partial charge in [0.1, 0.15) is 0 Å². The van der Waals surface area contributed by atoms with Gasteiger partial charge in [0.25, 0.3) is 0 Å². The van der Waals surface area contributed by atoms with Crippen molar-refractivity contribution in [3.8, 4) is 0 Å². The molecule has 1 aliphatic heterocycles. The van der Waals surface area contributed by atoms with Gasteiger partial charge >= 0.3 is 0 Å². The van der Waals surface area contributed by atoms with Crippen LogP contribution >= 0.6 is 11.8 Å². The molecule has 18 heavy (non-hydrogen) atoms. The Morgan fingerprint density at radius 2 is 1.78 bits per heavy atom. The predicted octanol–water partition coefficient (Wildman–Crippen LogP) is 5.08. The van der Waals surface area contributed by atoms with E-state index in [1.165, 1.54) is 19.3 Å². The van der Waals surface area contributed by atoms with Crippen molar-refractivity contribution in [1.29, 1.82) is 0 Å². The third-order valence-electron chi connectivity index (χ3n) is 6.61. The summed E-state index contributed by atoms with van der Waals surface area (Å²) in [5, 5.41) is 2.06. The first-order chi connectivity index (χ1) is 8.54. The molecule has 3 rings (SSSR count). The van der Waals surface area contributed by atoms with Crippen LogP contribution in [0.4, 0.5) is 0 Å². The lowest BCUT2D eigenvalue weighted by Gasteiger charge is -2.60. The van der Waals surface area contributed by atoms with Gasteiger partial charge in [0.2, 0.25) is 0 Å². The van der Waals surface area contributed by atoms with Crippen LogP contribution in [0.5, 0.6) is 0 Å². The SMILES string of the molecule is CCC(C(C)C(C)C1CC1C)C1SC2C(C)CC21. The third-order valence-corrected chi connectivity index (χ3v) is 8.75. The van der Waals surface area contributed by atoms with Crippen molar-refractivity contribution in [1.82, 2.24) is 0 Å². The summed E-state index contributed by atoms with van der Waals surface area (Å²) in [6.07, 6.45) is 4.43. The smallest absolute Gasteiger partial charge is 0.0120 e. The van der Waals surface area contributed by atoms with Crippen LogP contribution < -0.4 is 0 Å². The zero-order valence-electron chi connectivity index (χ0n) is 12.7. The number of hydrogen-bond donors (Lipinski definition) is 0. The lowest BCUT2D eigenvalue weighted by atomic mass is 9.66. The first kappa shape index (κ1) is 13.3. The summed E-state index contributed by atoms with van der Waals surface area (Å²) in [6.45, 7) is 12.4. The Morgan fingerprint density at radius 3 is 2.17 bits per heavy atom. The molecule has 1 heteroatoms. The molecule has 0 nitrogen and oxygen atoms in total. The molecule has 0 bridgehead atoms. The van der Waals surface area contributed by atoms with Crippen molar-refractivity contribution >= 4 is 11.8 Å². The van der Waals surface area contributed by atoms with Gasteiger partial charge in [-0.3, -0.25) is 0 Å². The van der Waals surface area contributed by atoms with Gasteiger partial charge in [-0.1, -0.05) is 41.0 Å². The lowest BCUT2D eigenvalue weighted by Crippen LogP contribution is -2.57. The molecule has 1 saturated heterocycles. The minimum Gasteiger partial charge on any atom is -0.154 e. The van der Waals surface area contributed by atoms with E-state index in [1.807, 2.05) is 0 Å². The molecule has 104 valence electrons. The predicted molar refractivity (Wildman–Crippen MR) is 81.8 cm³/mol. The fraction of sp³-hybridized carbons (Fsp3) is 1.00. The molecule has 0 amide bonds. The fourth-order valence-electron chi connectivity index (χ4n) is 4.86. The van der Waals surface area contributed by atoms with E-state index >= 15 is 0 Å². The van der Waals surface area contributed by atoms with E-state index < -0.39 is 0 Å². The molecular weight excluding hydrogens is 236 g/mol. The van der Waals surface area contributed by atoms with Gasteiger partial charge in [0.05, 0.1) is 0 Å². The number of hydrogen-bond acceptors (Lipinski definition) is 1. The summed E-state index contributed by atoms with van der Waals surface area (Å²) in [4.78, 5) is 0. The quantitative estimate of drug-likeness (QED) is 0.668. The maximum atomic E-state index is 2.56. The maximum Gasteiger partial charge on any atom is 0.0120 e. The molecule has 9 unspecified atom stereocenters. The van der Waals surface area contributed by atoms with Crippen LogP contribution in [-0.2, 0) is 0 Å². The first-order valence-electron chi connectivity index (χ1n) is 8.20. The molecule has 3 fully saturated rings. The Bertz CT molecular complexity index is 313. The topological polar surface area (TPSA) is 0 Å². The van der Waals surface area contributed by atoms with Crippen molar-refractivity contribution in [2.75, 3.05) is 0 Å². The molecule has 0 N–H and O–H groups in total. The van der Waals surface area contributed by atoms with E-state index in [2.05, 4.69) is 46.4 Å². The highest BCUT2D eigenvalue weighted by molar-refractivity contribution is 8.02. The minimum absolute atomic E-state index is 0.944. The highest BCUT2D eigenvalue weighted by atomic mass is 32.2. The zero-order chi connectivity index (χ0) is 13.0. The van der Waals surface area contributed by atoms with Crippen molar-refractivity contribution in [2.24, 2.45) is 41.4 Å². The van der Waals surface area contributed by atoms with Crippen molar-refractivity contribution in [3.05, 3.63) is 0 Å². The van der Waals surface area contributed by atoms with Crippen LogP contribution in [0.3, 0.4) is 0 Å². The molecule has 0 spiro atoms. The number of fused-ring (bicyclic) bond motifs is 1. The van der Waals surface area contributed by atoms with Crippen LogP contribution in [-0.4, -0.2) is 10.5 Å². The van der Waals surface area contributed by atoms with Crippen LogP contribution in [0.15, 0.2) is 0 Å². The van der Waals surface area contributed by atoms with E-state index in [0.29, 0.717) is 0 Å². The van der Waals surface area contributed by atoms with Crippen LogP contribution in [0.1, 0.15) is 53.9 Å². The molecule has 0 aromatic rings. The van der Waals surface area contributed by atoms with Gasteiger partial charge in [-0.05, 0) is 54.3 Å². The van der Waals surface area contributed by atoms with Crippen LogP contribution in [0.2, 0.25) is 0 Å². The van der Waals surface area contributed by atoms with E-state index in [0.717, 1.165) is 51.9 Å². The van der Waals surface area contributed by atoms with Gasteiger partial charge in [-0.15, -0.1) is 0 Å². The average Bonchev–Trinajstić information content (AvgIpc) is 3.06. The largest absolute Gasteiger partial charge is 0.154 e. The summed E-state index contributed by atoms with van der Waals surface area (Å²) in [5.41, 5.74) is 0. The summed E-state index contributed by atoms with van der Waals surface area (Å²) >= 11 is 2.34. The summed E-state index contributed by atoms with van der Waals surface area (Å²) in [7, 11) is 0. The zero-order valence-corrected chi connectivity index (χ0v) is 13.5. The van der Waals surface area contributed by atoms with Crippen LogP contribution in [0, 0.1) is 41.4 Å². The molecule has 0 aromatic carbocycles. The van der Waals surface area contributed by atoms with Crippen LogP contribution in [0.25, 0.3) is 0 Å². The highest BCUT2D eigenvalue weighted by Gasteiger charge is 2.56. The van der Waals surface area contributed by atoms with Gasteiger partial charge in [0, 0.05) is 10.5 Å². The summed E-state index contributed by atoms with van der Waals surface area (Å²) < 4.78 is 0. The Kier molecular flexibility index (Phi) is 3.50. The van der Waals surface area contributed by atoms with E-state index in [-0.39, 0.29) is 0 Å². The fourth-order valence-corrected chi connectivity index (χ4v) is 6.93. The minimum atomic E-state index is 0.944. The van der Waals surface area contributed by atoms with Gasteiger partial charge < -0.3 is 0 Å². The van der Waals surface area contributed by atoms with Gasteiger partial charge in [-0.2, -0.15) is 11.8 Å². The molecule has 0 aromatic heterocycles. The maximum absolute atomic E-state index is 2.56. The van der Waals surface area contributed by atoms with E-state index in [9.17, 15) is 0 Å². The Hall–Kier alpha value is 0.350. The van der Waals surface area contributed by atoms with Gasteiger partial charge in [0.15, 0.2) is 0 Å². The summed E-state index contributed by atoms with van der Waals surface area (Å²) in [5.74, 6) is 7.08. The molecule has 2 aliphatic carbocycles. The summed E-state index contributed by atoms with van der Waals surface area (Å²) in [6, 6.07) is 0. The monoisotopic (exact) mass is 266 g/mol. The van der Waals surface area contributed by atoms with Crippen molar-refractivity contribution in [3.63, 3.8) is 0 Å². The van der Waals surface area contributed by atoms with Crippen molar-refractivity contribution < 1.29 is 0 Å². The molecule has 3 aliphatic rings. The Morgan fingerprint density at radius 1 is 1.11 bits per heavy atom. The lowest BCUT2D eigenvalue weighted by molar-refractivity contribution is 0.118. The second-order valence-corrected chi connectivity index (χ2v) is 8.97. The molecule has 9 atom stereocenters. The molecule has 2 saturated carbocycles. The van der Waals surface area contributed by atoms with Gasteiger partial charge in [-0.25, -0.2) is 0 Å². The standard InChI is InChI=1S/C17H30S/c1-6-13(11(4)12(5)14-7-9(14)2)17-15-8-10(3)16(15)18-17/h9-17H,6-8H2,1-5H3. The third kappa shape index (κ3) is 1.96. The first-order valence-corrected chi connectivity index (χ1v) is 9.14. The molecular formula is C17H30S. The van der Waals surface area contributed by atoms with E-state index in [4.69, 9.17) is 0 Å². The normalized spacial score (nSPS) is 50.5. The van der Waals surface area contributed by atoms with E-state index in [1.54, 1.807) is 0 Å². The second-order valence-electron chi connectivity index (χ2n) is 7.61. The average molecular weight is 266 g/mol. The molecule has 1 heterocycles. The number of rotatable bonds is 5. The Balaban J connectivity index is 1.59. The molecule has 0 radical (unpaired) electrons. The highest BCUT2D eigenvalue weighted by Crippen LogP contribution is 2.62. The van der Waals surface area contributed by atoms with Crippen molar-refractivity contribution in [2.45, 2.75) is 64.4 Å². The second kappa shape index (κ2) is 4.72. The number of thioether (sulfide) groups is 1. The Labute approximate surface area is 118 Å².